The van der Waals surface area contributed by atoms with Crippen LogP contribution in [0, 0.1) is 5.92 Å². The number of aliphatic hydroxyl groups is 1. The van der Waals surface area contributed by atoms with Crippen LogP contribution in [-0.2, 0) is 0 Å². The van der Waals surface area contributed by atoms with Gasteiger partial charge in [0.15, 0.2) is 0 Å². The Labute approximate surface area is 102 Å². The molecule has 0 bridgehead atoms. The Morgan fingerprint density at radius 3 is 2.53 bits per heavy atom. The lowest BCUT2D eigenvalue weighted by atomic mass is 10.1. The van der Waals surface area contributed by atoms with Crippen LogP contribution in [0.2, 0.25) is 0 Å². The topological polar surface area (TPSA) is 23.5 Å². The Bertz CT molecular complexity index is 156. The van der Waals surface area contributed by atoms with Crippen molar-refractivity contribution in [3.63, 3.8) is 0 Å². The van der Waals surface area contributed by atoms with Crippen LogP contribution >= 0.6 is 15.9 Å². The van der Waals surface area contributed by atoms with Crippen molar-refractivity contribution in [2.45, 2.75) is 45.1 Å². The van der Waals surface area contributed by atoms with E-state index in [0.29, 0.717) is 6.61 Å². The minimum atomic E-state index is 0.301. The summed E-state index contributed by atoms with van der Waals surface area (Å²) in [6.45, 7) is 4.55. The van der Waals surface area contributed by atoms with Crippen molar-refractivity contribution in [2.24, 2.45) is 5.92 Å². The molecule has 3 heteroatoms. The van der Waals surface area contributed by atoms with Gasteiger partial charge in [-0.05, 0) is 18.8 Å². The van der Waals surface area contributed by atoms with Gasteiger partial charge in [-0.15, -0.1) is 0 Å². The summed E-state index contributed by atoms with van der Waals surface area (Å²) in [5.41, 5.74) is 0. The van der Waals surface area contributed by atoms with Crippen LogP contribution in [0.3, 0.4) is 0 Å². The third-order valence-electron chi connectivity index (χ3n) is 3.52. The molecule has 0 heterocycles. The highest BCUT2D eigenvalue weighted by Crippen LogP contribution is 2.24. The van der Waals surface area contributed by atoms with Crippen molar-refractivity contribution in [2.75, 3.05) is 25.0 Å². The zero-order valence-electron chi connectivity index (χ0n) is 9.79. The molecule has 0 aromatic rings. The maximum Gasteiger partial charge on any atom is 0.0558 e. The van der Waals surface area contributed by atoms with E-state index in [4.69, 9.17) is 5.11 Å². The van der Waals surface area contributed by atoms with Gasteiger partial charge in [-0.1, -0.05) is 42.1 Å². The summed E-state index contributed by atoms with van der Waals surface area (Å²) >= 11 is 3.58. The molecule has 1 rings (SSSR count). The first-order valence-corrected chi connectivity index (χ1v) is 7.34. The third kappa shape index (κ3) is 4.41. The SMILES string of the molecule is CCC(CBr)CN(CCO)C1CCCC1. The first-order valence-electron chi connectivity index (χ1n) is 6.22. The van der Waals surface area contributed by atoms with Gasteiger partial charge in [-0.3, -0.25) is 4.90 Å². The fourth-order valence-electron chi connectivity index (χ4n) is 2.44. The highest BCUT2D eigenvalue weighted by Gasteiger charge is 2.23. The molecule has 0 aliphatic heterocycles. The number of hydrogen-bond donors (Lipinski definition) is 1. The van der Waals surface area contributed by atoms with Gasteiger partial charge in [-0.2, -0.15) is 0 Å². The zero-order valence-corrected chi connectivity index (χ0v) is 11.4. The first kappa shape index (κ1) is 13.5. The van der Waals surface area contributed by atoms with Gasteiger partial charge in [0.1, 0.15) is 0 Å². The molecule has 1 N–H and O–H groups in total. The molecule has 1 unspecified atom stereocenters. The van der Waals surface area contributed by atoms with Gasteiger partial charge in [0, 0.05) is 24.5 Å². The molecule has 1 aliphatic carbocycles. The quantitative estimate of drug-likeness (QED) is 0.724. The van der Waals surface area contributed by atoms with Crippen molar-refractivity contribution in [1.29, 1.82) is 0 Å². The molecule has 90 valence electrons. The number of hydrogen-bond acceptors (Lipinski definition) is 2. The number of aliphatic hydroxyl groups excluding tert-OH is 1. The number of halogens is 1. The summed E-state index contributed by atoms with van der Waals surface area (Å²) in [6, 6.07) is 0.741. The molecular formula is C12H24BrNO. The van der Waals surface area contributed by atoms with Crippen molar-refractivity contribution in [3.8, 4) is 0 Å². The molecule has 2 nitrogen and oxygen atoms in total. The van der Waals surface area contributed by atoms with E-state index in [-0.39, 0.29) is 0 Å². The Balaban J connectivity index is 2.40. The van der Waals surface area contributed by atoms with E-state index in [1.54, 1.807) is 0 Å². The highest BCUT2D eigenvalue weighted by molar-refractivity contribution is 9.09. The van der Waals surface area contributed by atoms with E-state index in [0.717, 1.165) is 30.4 Å². The van der Waals surface area contributed by atoms with E-state index >= 15 is 0 Å². The Morgan fingerprint density at radius 1 is 1.40 bits per heavy atom. The molecule has 0 aromatic heterocycles. The van der Waals surface area contributed by atoms with Crippen LogP contribution in [0.15, 0.2) is 0 Å². The number of alkyl halides is 1. The van der Waals surface area contributed by atoms with Crippen LogP contribution in [0.5, 0.6) is 0 Å². The summed E-state index contributed by atoms with van der Waals surface area (Å²) < 4.78 is 0. The van der Waals surface area contributed by atoms with Gasteiger partial charge in [0.05, 0.1) is 6.61 Å². The second kappa shape index (κ2) is 7.64. The lowest BCUT2D eigenvalue weighted by molar-refractivity contribution is 0.134. The Hall–Kier alpha value is 0.400. The van der Waals surface area contributed by atoms with Crippen molar-refractivity contribution >= 4 is 15.9 Å². The molecule has 1 atom stereocenters. The minimum Gasteiger partial charge on any atom is -0.395 e. The lowest BCUT2D eigenvalue weighted by Gasteiger charge is -2.31. The lowest BCUT2D eigenvalue weighted by Crippen LogP contribution is -2.39. The normalized spacial score (nSPS) is 20.0. The molecule has 1 aliphatic rings. The maximum atomic E-state index is 9.10. The van der Waals surface area contributed by atoms with Crippen molar-refractivity contribution in [1.82, 2.24) is 4.90 Å². The summed E-state index contributed by atoms with van der Waals surface area (Å²) in [5, 5.41) is 10.2. The summed E-state index contributed by atoms with van der Waals surface area (Å²) in [6.07, 6.45) is 6.63. The summed E-state index contributed by atoms with van der Waals surface area (Å²) in [7, 11) is 0. The van der Waals surface area contributed by atoms with Crippen LogP contribution in [0.1, 0.15) is 39.0 Å². The predicted octanol–water partition coefficient (Wildman–Crippen LogP) is 2.64. The highest BCUT2D eigenvalue weighted by atomic mass is 79.9. The molecule has 1 fully saturated rings. The average Bonchev–Trinajstić information content (AvgIpc) is 2.77. The van der Waals surface area contributed by atoms with Gasteiger partial charge < -0.3 is 5.11 Å². The molecular weight excluding hydrogens is 254 g/mol. The maximum absolute atomic E-state index is 9.10. The molecule has 0 radical (unpaired) electrons. The average molecular weight is 278 g/mol. The molecule has 0 amide bonds. The van der Waals surface area contributed by atoms with E-state index in [1.807, 2.05) is 0 Å². The Kier molecular flexibility index (Phi) is 6.86. The predicted molar refractivity (Wildman–Crippen MR) is 68.5 cm³/mol. The van der Waals surface area contributed by atoms with Gasteiger partial charge in [-0.25, -0.2) is 0 Å². The van der Waals surface area contributed by atoms with Crippen LogP contribution in [-0.4, -0.2) is 41.1 Å². The Morgan fingerprint density at radius 2 is 2.07 bits per heavy atom. The second-order valence-corrected chi connectivity index (χ2v) is 5.23. The summed E-state index contributed by atoms with van der Waals surface area (Å²) in [5.74, 6) is 0.733. The first-order chi connectivity index (χ1) is 7.31. The zero-order chi connectivity index (χ0) is 11.1. The summed E-state index contributed by atoms with van der Waals surface area (Å²) in [4.78, 5) is 2.50. The second-order valence-electron chi connectivity index (χ2n) is 4.59. The number of rotatable bonds is 7. The standard InChI is InChI=1S/C12H24BrNO/c1-2-11(9-13)10-14(7-8-15)12-5-3-4-6-12/h11-12,15H,2-10H2,1H3. The molecule has 0 aromatic carbocycles. The van der Waals surface area contributed by atoms with E-state index in [1.165, 1.54) is 32.1 Å². The number of nitrogens with zero attached hydrogens (tertiary/aromatic N) is 1. The van der Waals surface area contributed by atoms with Crippen molar-refractivity contribution in [3.05, 3.63) is 0 Å². The molecule has 0 spiro atoms. The fraction of sp³-hybridized carbons (Fsp3) is 1.00. The third-order valence-corrected chi connectivity index (χ3v) is 4.43. The largest absolute Gasteiger partial charge is 0.395 e. The van der Waals surface area contributed by atoms with E-state index in [9.17, 15) is 0 Å². The van der Waals surface area contributed by atoms with E-state index in [2.05, 4.69) is 27.8 Å². The molecule has 15 heavy (non-hydrogen) atoms. The van der Waals surface area contributed by atoms with Crippen LogP contribution < -0.4 is 0 Å². The monoisotopic (exact) mass is 277 g/mol. The fourth-order valence-corrected chi connectivity index (χ4v) is 3.10. The molecule has 0 saturated heterocycles. The smallest absolute Gasteiger partial charge is 0.0558 e. The van der Waals surface area contributed by atoms with Gasteiger partial charge in [0.2, 0.25) is 0 Å². The van der Waals surface area contributed by atoms with Crippen molar-refractivity contribution < 1.29 is 5.11 Å². The van der Waals surface area contributed by atoms with E-state index < -0.39 is 0 Å². The van der Waals surface area contributed by atoms with Gasteiger partial charge >= 0.3 is 0 Å². The van der Waals surface area contributed by atoms with Crippen LogP contribution in [0.25, 0.3) is 0 Å². The van der Waals surface area contributed by atoms with Gasteiger partial charge in [0.25, 0.3) is 0 Å². The minimum absolute atomic E-state index is 0.301. The van der Waals surface area contributed by atoms with Crippen LogP contribution in [0.4, 0.5) is 0 Å². The molecule has 1 saturated carbocycles.